The predicted octanol–water partition coefficient (Wildman–Crippen LogP) is 6.31. The fourth-order valence-corrected chi connectivity index (χ4v) is 3.62. The molecular formula is C25H15F3IN3O2. The van der Waals surface area contributed by atoms with Crippen molar-refractivity contribution in [3.63, 3.8) is 0 Å². The van der Waals surface area contributed by atoms with Crippen molar-refractivity contribution in [1.29, 1.82) is 10.5 Å². The van der Waals surface area contributed by atoms with Crippen molar-refractivity contribution in [3.05, 3.63) is 98.1 Å². The van der Waals surface area contributed by atoms with E-state index in [9.17, 15) is 28.5 Å². The molecule has 0 bridgehead atoms. The van der Waals surface area contributed by atoms with Crippen LogP contribution in [0.4, 0.5) is 18.9 Å². The van der Waals surface area contributed by atoms with Crippen molar-refractivity contribution < 1.29 is 22.7 Å². The molecule has 0 radical (unpaired) electrons. The lowest BCUT2D eigenvalue weighted by Crippen LogP contribution is -2.14. The van der Waals surface area contributed by atoms with Crippen LogP contribution in [0.15, 0.2) is 72.3 Å². The fourth-order valence-electron chi connectivity index (χ4n) is 2.92. The molecule has 0 unspecified atom stereocenters. The first-order valence-electron chi connectivity index (χ1n) is 9.72. The van der Waals surface area contributed by atoms with Crippen molar-refractivity contribution in [2.75, 3.05) is 5.32 Å². The van der Waals surface area contributed by atoms with E-state index in [0.717, 1.165) is 17.7 Å². The van der Waals surface area contributed by atoms with Gasteiger partial charge in [0.2, 0.25) is 0 Å². The second kappa shape index (κ2) is 10.9. The number of carbonyl (C=O) groups excluding carboxylic acids is 1. The van der Waals surface area contributed by atoms with Crippen molar-refractivity contribution in [2.24, 2.45) is 0 Å². The summed E-state index contributed by atoms with van der Waals surface area (Å²) in [6, 6.07) is 20.1. The minimum absolute atomic E-state index is 0.0723. The molecule has 3 aromatic rings. The van der Waals surface area contributed by atoms with Gasteiger partial charge in [-0.3, -0.25) is 4.79 Å². The van der Waals surface area contributed by atoms with Crippen molar-refractivity contribution >= 4 is 40.3 Å². The highest BCUT2D eigenvalue weighted by atomic mass is 127. The van der Waals surface area contributed by atoms with Crippen LogP contribution in [0.25, 0.3) is 6.08 Å². The number of nitriles is 2. The van der Waals surface area contributed by atoms with E-state index in [0.29, 0.717) is 20.4 Å². The highest BCUT2D eigenvalue weighted by molar-refractivity contribution is 14.1. The zero-order valence-electron chi connectivity index (χ0n) is 17.4. The average molecular weight is 573 g/mol. The molecule has 0 heterocycles. The number of hydrogen-bond acceptors (Lipinski definition) is 4. The molecule has 0 aromatic heterocycles. The Bertz CT molecular complexity index is 1340. The smallest absolute Gasteiger partial charge is 0.416 e. The molecule has 0 fully saturated rings. The van der Waals surface area contributed by atoms with Gasteiger partial charge in [0.15, 0.2) is 0 Å². The number of alkyl halides is 3. The number of ether oxygens (including phenoxy) is 1. The average Bonchev–Trinajstić information content (AvgIpc) is 2.81. The van der Waals surface area contributed by atoms with E-state index in [-0.39, 0.29) is 17.9 Å². The molecule has 1 amide bonds. The molecule has 1 N–H and O–H groups in total. The first-order chi connectivity index (χ1) is 16.2. The lowest BCUT2D eigenvalue weighted by atomic mass is 10.1. The van der Waals surface area contributed by atoms with Gasteiger partial charge in [-0.2, -0.15) is 23.7 Å². The summed E-state index contributed by atoms with van der Waals surface area (Å²) in [5.74, 6) is -0.275. The second-order valence-electron chi connectivity index (χ2n) is 6.95. The summed E-state index contributed by atoms with van der Waals surface area (Å²) in [7, 11) is 0. The summed E-state index contributed by atoms with van der Waals surface area (Å²) in [6.07, 6.45) is -3.22. The third-order valence-electron chi connectivity index (χ3n) is 4.60. The maximum absolute atomic E-state index is 12.9. The first-order valence-corrected chi connectivity index (χ1v) is 10.8. The van der Waals surface area contributed by atoms with E-state index in [4.69, 9.17) is 4.74 Å². The predicted molar refractivity (Wildman–Crippen MR) is 128 cm³/mol. The summed E-state index contributed by atoms with van der Waals surface area (Å²) in [4.78, 5) is 12.4. The van der Waals surface area contributed by atoms with Crippen LogP contribution in [0.3, 0.4) is 0 Å². The fraction of sp³-hybridized carbons (Fsp3) is 0.0800. The van der Waals surface area contributed by atoms with Gasteiger partial charge in [-0.05, 0) is 70.6 Å². The van der Waals surface area contributed by atoms with Gasteiger partial charge in [0.1, 0.15) is 24.0 Å². The number of nitrogens with one attached hydrogen (secondary N) is 1. The quantitative estimate of drug-likeness (QED) is 0.213. The van der Waals surface area contributed by atoms with Gasteiger partial charge in [-0.25, -0.2) is 0 Å². The highest BCUT2D eigenvalue weighted by Gasteiger charge is 2.30. The van der Waals surface area contributed by atoms with Gasteiger partial charge in [-0.1, -0.05) is 30.3 Å². The van der Waals surface area contributed by atoms with Crippen LogP contribution in [0.1, 0.15) is 22.3 Å². The maximum atomic E-state index is 12.9. The van der Waals surface area contributed by atoms with E-state index in [2.05, 4.69) is 11.4 Å². The summed E-state index contributed by atoms with van der Waals surface area (Å²) in [5, 5.41) is 20.9. The molecule has 0 aliphatic rings. The van der Waals surface area contributed by atoms with Crippen molar-refractivity contribution in [1.82, 2.24) is 0 Å². The normalized spacial score (nSPS) is 11.3. The maximum Gasteiger partial charge on any atom is 0.416 e. The topological polar surface area (TPSA) is 85.9 Å². The minimum atomic E-state index is -4.55. The van der Waals surface area contributed by atoms with Gasteiger partial charge in [0, 0.05) is 11.3 Å². The molecule has 170 valence electrons. The highest BCUT2D eigenvalue weighted by Crippen LogP contribution is 2.31. The molecule has 3 aromatic carbocycles. The molecule has 34 heavy (non-hydrogen) atoms. The zero-order chi connectivity index (χ0) is 24.7. The standard InChI is InChI=1S/C25H15F3IN3O2/c26-25(27,28)20-6-3-7-21(12-20)32-24(33)19(14-31)10-16-8-9-23(22(29)11-16)34-15-18-5-2-1-4-17(18)13-30/h1-12H,15H2,(H,32,33)/b19-10-. The molecule has 0 aliphatic heterocycles. The van der Waals surface area contributed by atoms with Crippen molar-refractivity contribution in [3.8, 4) is 17.9 Å². The summed E-state index contributed by atoms with van der Waals surface area (Å²) in [5.41, 5.74) is 0.535. The Kier molecular flexibility index (Phi) is 7.92. The van der Waals surface area contributed by atoms with Gasteiger partial charge < -0.3 is 10.1 Å². The van der Waals surface area contributed by atoms with Crippen LogP contribution in [-0.4, -0.2) is 5.91 Å². The number of hydrogen-bond donors (Lipinski definition) is 1. The molecule has 0 saturated carbocycles. The van der Waals surface area contributed by atoms with Crippen LogP contribution >= 0.6 is 22.6 Å². The van der Waals surface area contributed by atoms with E-state index >= 15 is 0 Å². The largest absolute Gasteiger partial charge is 0.488 e. The van der Waals surface area contributed by atoms with Crippen LogP contribution in [0, 0.1) is 26.2 Å². The Morgan fingerprint density at radius 2 is 1.82 bits per heavy atom. The van der Waals surface area contributed by atoms with Crippen LogP contribution in [0.5, 0.6) is 5.75 Å². The Morgan fingerprint density at radius 1 is 1.06 bits per heavy atom. The molecule has 0 atom stereocenters. The van der Waals surface area contributed by atoms with Crippen LogP contribution in [0.2, 0.25) is 0 Å². The van der Waals surface area contributed by atoms with E-state index in [1.165, 1.54) is 18.2 Å². The Morgan fingerprint density at radius 3 is 2.50 bits per heavy atom. The molecule has 0 spiro atoms. The number of carbonyl (C=O) groups is 1. The third kappa shape index (κ3) is 6.36. The SMILES string of the molecule is N#C/C(=C/c1ccc(OCc2ccccc2C#N)c(I)c1)C(=O)Nc1cccc(C(F)(F)F)c1. The Balaban J connectivity index is 1.74. The monoisotopic (exact) mass is 573 g/mol. The first kappa shape index (κ1) is 24.8. The molecule has 9 heteroatoms. The Hall–Kier alpha value is -3.83. The summed E-state index contributed by atoms with van der Waals surface area (Å²) in [6.45, 7) is 0.192. The molecule has 0 aliphatic carbocycles. The zero-order valence-corrected chi connectivity index (χ0v) is 19.5. The number of benzene rings is 3. The number of rotatable bonds is 6. The molecule has 5 nitrogen and oxygen atoms in total. The van der Waals surface area contributed by atoms with Gasteiger partial charge in [0.05, 0.1) is 20.8 Å². The molecule has 3 rings (SSSR count). The van der Waals surface area contributed by atoms with Crippen molar-refractivity contribution in [2.45, 2.75) is 12.8 Å². The molecule has 0 saturated heterocycles. The second-order valence-corrected chi connectivity index (χ2v) is 8.11. The molecular weight excluding hydrogens is 558 g/mol. The summed E-state index contributed by atoms with van der Waals surface area (Å²) >= 11 is 2.04. The van der Waals surface area contributed by atoms with E-state index < -0.39 is 17.6 Å². The third-order valence-corrected chi connectivity index (χ3v) is 5.44. The van der Waals surface area contributed by atoms with Gasteiger partial charge in [0.25, 0.3) is 5.91 Å². The number of amides is 1. The van der Waals surface area contributed by atoms with Gasteiger partial charge >= 0.3 is 6.18 Å². The van der Waals surface area contributed by atoms with Crippen LogP contribution in [-0.2, 0) is 17.6 Å². The lowest BCUT2D eigenvalue weighted by molar-refractivity contribution is -0.137. The van der Waals surface area contributed by atoms with E-state index in [1.807, 2.05) is 28.7 Å². The Labute approximate surface area is 207 Å². The van der Waals surface area contributed by atoms with E-state index in [1.54, 1.807) is 42.5 Å². The number of nitrogens with zero attached hydrogens (tertiary/aromatic N) is 2. The summed E-state index contributed by atoms with van der Waals surface area (Å²) < 4.78 is 45.1. The number of halogens is 4. The van der Waals surface area contributed by atoms with Crippen LogP contribution < -0.4 is 10.1 Å². The number of anilines is 1. The lowest BCUT2D eigenvalue weighted by Gasteiger charge is -2.11. The van der Waals surface area contributed by atoms with Gasteiger partial charge in [-0.15, -0.1) is 0 Å². The minimum Gasteiger partial charge on any atom is -0.488 e.